The number of halogens is 6. The Morgan fingerprint density at radius 1 is 1.10 bits per heavy atom. The van der Waals surface area contributed by atoms with Gasteiger partial charge in [-0.25, -0.2) is 0 Å². The summed E-state index contributed by atoms with van der Waals surface area (Å²) >= 11 is 0. The summed E-state index contributed by atoms with van der Waals surface area (Å²) in [5, 5.41) is 2.71. The number of hydrogen-bond acceptors (Lipinski definition) is 1. The molecule has 0 fully saturated rings. The lowest BCUT2D eigenvalue weighted by Gasteiger charge is -2.20. The first-order chi connectivity index (χ1) is 9.04. The van der Waals surface area contributed by atoms with Crippen LogP contribution in [-0.4, -0.2) is 13.2 Å². The summed E-state index contributed by atoms with van der Waals surface area (Å²) in [6.07, 6.45) is -9.94. The highest BCUT2D eigenvalue weighted by Gasteiger charge is 2.32. The van der Waals surface area contributed by atoms with Crippen LogP contribution in [0.15, 0.2) is 18.2 Å². The second-order valence-corrected chi connectivity index (χ2v) is 4.56. The SMILES string of the molecule is CNC(CCC(F)(F)F)c1ccc(C(F)(F)F)cc1C. The van der Waals surface area contributed by atoms with Gasteiger partial charge in [0.1, 0.15) is 0 Å². The molecule has 0 amide bonds. The molecule has 1 aromatic carbocycles. The zero-order valence-corrected chi connectivity index (χ0v) is 11.0. The first kappa shape index (κ1) is 16.8. The molecular formula is C13H15F6N. The maximum absolute atomic E-state index is 12.5. The van der Waals surface area contributed by atoms with Gasteiger partial charge in [-0.1, -0.05) is 6.07 Å². The lowest BCUT2D eigenvalue weighted by Crippen LogP contribution is -2.21. The number of alkyl halides is 6. The molecular weight excluding hydrogens is 284 g/mol. The molecule has 1 rings (SSSR count). The van der Waals surface area contributed by atoms with Crippen LogP contribution >= 0.6 is 0 Å². The fourth-order valence-corrected chi connectivity index (χ4v) is 2.01. The van der Waals surface area contributed by atoms with Gasteiger partial charge in [0.2, 0.25) is 0 Å². The third kappa shape index (κ3) is 4.70. The van der Waals surface area contributed by atoms with Crippen molar-refractivity contribution in [3.05, 3.63) is 34.9 Å². The first-order valence-corrected chi connectivity index (χ1v) is 5.96. The topological polar surface area (TPSA) is 12.0 Å². The molecule has 0 radical (unpaired) electrons. The molecule has 0 saturated carbocycles. The van der Waals surface area contributed by atoms with Crippen LogP contribution in [-0.2, 0) is 6.18 Å². The summed E-state index contributed by atoms with van der Waals surface area (Å²) in [6, 6.07) is 2.45. The Morgan fingerprint density at radius 3 is 2.10 bits per heavy atom. The van der Waals surface area contributed by atoms with E-state index in [9.17, 15) is 26.3 Å². The first-order valence-electron chi connectivity index (χ1n) is 5.96. The van der Waals surface area contributed by atoms with Crippen LogP contribution in [0.2, 0.25) is 0 Å². The van der Waals surface area contributed by atoms with Crippen molar-refractivity contribution >= 4 is 0 Å². The van der Waals surface area contributed by atoms with Gasteiger partial charge < -0.3 is 5.32 Å². The number of benzene rings is 1. The van der Waals surface area contributed by atoms with Gasteiger partial charge in [0, 0.05) is 12.5 Å². The predicted octanol–water partition coefficient (Wildman–Crippen LogP) is 4.62. The van der Waals surface area contributed by atoms with Gasteiger partial charge in [-0.2, -0.15) is 26.3 Å². The number of nitrogens with one attached hydrogen (secondary N) is 1. The van der Waals surface area contributed by atoms with Crippen LogP contribution in [0.25, 0.3) is 0 Å². The number of aryl methyl sites for hydroxylation is 1. The molecule has 0 aliphatic rings. The van der Waals surface area contributed by atoms with Crippen LogP contribution < -0.4 is 5.32 Å². The lowest BCUT2D eigenvalue weighted by atomic mass is 9.95. The van der Waals surface area contributed by atoms with E-state index in [1.807, 2.05) is 0 Å². The summed E-state index contributed by atoms with van der Waals surface area (Å²) in [4.78, 5) is 0. The molecule has 0 saturated heterocycles. The molecule has 1 atom stereocenters. The molecule has 0 heterocycles. The van der Waals surface area contributed by atoms with E-state index >= 15 is 0 Å². The van der Waals surface area contributed by atoms with E-state index in [4.69, 9.17) is 0 Å². The summed E-state index contributed by atoms with van der Waals surface area (Å²) in [6.45, 7) is 1.46. The Hall–Kier alpha value is -1.24. The zero-order valence-electron chi connectivity index (χ0n) is 11.0. The van der Waals surface area contributed by atoms with Crippen LogP contribution in [0, 0.1) is 6.92 Å². The zero-order chi connectivity index (χ0) is 15.6. The van der Waals surface area contributed by atoms with Gasteiger partial charge in [0.25, 0.3) is 0 Å². The quantitative estimate of drug-likeness (QED) is 0.800. The van der Waals surface area contributed by atoms with E-state index in [2.05, 4.69) is 5.32 Å². The molecule has 0 bridgehead atoms. The highest BCUT2D eigenvalue weighted by Crippen LogP contribution is 2.33. The highest BCUT2D eigenvalue weighted by molar-refractivity contribution is 5.34. The van der Waals surface area contributed by atoms with Crippen LogP contribution in [0.3, 0.4) is 0 Å². The predicted molar refractivity (Wildman–Crippen MR) is 63.3 cm³/mol. The maximum Gasteiger partial charge on any atom is 0.416 e. The van der Waals surface area contributed by atoms with Crippen molar-refractivity contribution in [2.24, 2.45) is 0 Å². The molecule has 0 aliphatic heterocycles. The van der Waals surface area contributed by atoms with Crippen LogP contribution in [0.1, 0.15) is 35.6 Å². The molecule has 7 heteroatoms. The fourth-order valence-electron chi connectivity index (χ4n) is 2.01. The van der Waals surface area contributed by atoms with E-state index < -0.39 is 30.4 Å². The van der Waals surface area contributed by atoms with Crippen LogP contribution in [0.5, 0.6) is 0 Å². The van der Waals surface area contributed by atoms with Crippen LogP contribution in [0.4, 0.5) is 26.3 Å². The largest absolute Gasteiger partial charge is 0.416 e. The van der Waals surface area contributed by atoms with Gasteiger partial charge in [0.15, 0.2) is 0 Å². The second kappa shape index (κ2) is 6.03. The molecule has 0 aromatic heterocycles. The Labute approximate surface area is 113 Å². The minimum Gasteiger partial charge on any atom is -0.313 e. The van der Waals surface area contributed by atoms with Crippen molar-refractivity contribution in [2.45, 2.75) is 38.2 Å². The summed E-state index contributed by atoms with van der Waals surface area (Å²) < 4.78 is 74.2. The Kier molecular flexibility index (Phi) is 5.07. The van der Waals surface area contributed by atoms with E-state index in [0.29, 0.717) is 11.1 Å². The molecule has 1 unspecified atom stereocenters. The molecule has 1 aromatic rings. The Morgan fingerprint density at radius 2 is 1.70 bits per heavy atom. The van der Waals surface area contributed by atoms with Crippen molar-refractivity contribution in [3.63, 3.8) is 0 Å². The van der Waals surface area contributed by atoms with Crippen molar-refractivity contribution in [3.8, 4) is 0 Å². The standard InChI is InChI=1S/C13H15F6N/c1-8-7-9(13(17,18)19)3-4-10(8)11(20-2)5-6-12(14,15)16/h3-4,7,11,20H,5-6H2,1-2H3. The molecule has 0 spiro atoms. The summed E-state index contributed by atoms with van der Waals surface area (Å²) in [5.41, 5.74) is -0.0319. The van der Waals surface area contributed by atoms with Crippen molar-refractivity contribution in [1.82, 2.24) is 5.32 Å². The Bertz CT molecular complexity index is 449. The second-order valence-electron chi connectivity index (χ2n) is 4.56. The summed E-state index contributed by atoms with van der Waals surface area (Å²) in [5.74, 6) is 0. The normalized spacial score (nSPS) is 14.4. The van der Waals surface area contributed by atoms with E-state index in [0.717, 1.165) is 12.1 Å². The fraction of sp³-hybridized carbons (Fsp3) is 0.538. The minimum absolute atomic E-state index is 0.216. The summed E-state index contributed by atoms with van der Waals surface area (Å²) in [7, 11) is 1.48. The molecule has 1 nitrogen and oxygen atoms in total. The molecule has 1 N–H and O–H groups in total. The molecule has 114 valence electrons. The number of rotatable bonds is 4. The average molecular weight is 299 g/mol. The third-order valence-electron chi connectivity index (χ3n) is 3.04. The van der Waals surface area contributed by atoms with Crippen molar-refractivity contribution in [1.29, 1.82) is 0 Å². The van der Waals surface area contributed by atoms with Gasteiger partial charge >= 0.3 is 12.4 Å². The van der Waals surface area contributed by atoms with E-state index in [1.165, 1.54) is 20.0 Å². The maximum atomic E-state index is 12.5. The Balaban J connectivity index is 2.94. The smallest absolute Gasteiger partial charge is 0.313 e. The van der Waals surface area contributed by atoms with Gasteiger partial charge in [0.05, 0.1) is 5.56 Å². The molecule has 0 aliphatic carbocycles. The monoisotopic (exact) mass is 299 g/mol. The van der Waals surface area contributed by atoms with Crippen molar-refractivity contribution < 1.29 is 26.3 Å². The minimum atomic E-state index is -4.45. The van der Waals surface area contributed by atoms with E-state index in [1.54, 1.807) is 0 Å². The highest BCUT2D eigenvalue weighted by atomic mass is 19.4. The lowest BCUT2D eigenvalue weighted by molar-refractivity contribution is -0.137. The third-order valence-corrected chi connectivity index (χ3v) is 3.04. The van der Waals surface area contributed by atoms with Crippen molar-refractivity contribution in [2.75, 3.05) is 7.05 Å². The van der Waals surface area contributed by atoms with E-state index in [-0.39, 0.29) is 6.42 Å². The molecule has 20 heavy (non-hydrogen) atoms. The number of hydrogen-bond donors (Lipinski definition) is 1. The average Bonchev–Trinajstić information content (AvgIpc) is 2.28. The van der Waals surface area contributed by atoms with Gasteiger partial charge in [-0.05, 0) is 43.7 Å². The van der Waals surface area contributed by atoms with Gasteiger partial charge in [-0.15, -0.1) is 0 Å². The van der Waals surface area contributed by atoms with Gasteiger partial charge in [-0.3, -0.25) is 0 Å².